The average Bonchev–Trinajstić information content (AvgIpc) is 3.32. The van der Waals surface area contributed by atoms with Gasteiger partial charge in [-0.15, -0.1) is 22.7 Å². The smallest absolute Gasteiger partial charge is 0.287 e. The van der Waals surface area contributed by atoms with Crippen LogP contribution in [0.15, 0.2) is 47.8 Å². The van der Waals surface area contributed by atoms with Crippen LogP contribution in [0.25, 0.3) is 21.3 Å². The average molecular weight is 461 g/mol. The van der Waals surface area contributed by atoms with Gasteiger partial charge in [-0.3, -0.25) is 30.3 Å². The molecule has 150 valence electrons. The highest BCUT2D eigenvalue weighted by atomic mass is 35.5. The van der Waals surface area contributed by atoms with Crippen LogP contribution in [0.4, 0.5) is 16.5 Å². The van der Waals surface area contributed by atoms with Gasteiger partial charge in [-0.2, -0.15) is 0 Å². The molecule has 0 aliphatic rings. The number of nitro benzene ring substituents is 2. The van der Waals surface area contributed by atoms with Gasteiger partial charge in [0.2, 0.25) is 0 Å². The van der Waals surface area contributed by atoms with Crippen LogP contribution in [-0.2, 0) is 0 Å². The van der Waals surface area contributed by atoms with Crippen molar-refractivity contribution in [1.82, 2.24) is 4.98 Å². The van der Waals surface area contributed by atoms with Crippen molar-refractivity contribution in [2.45, 2.75) is 0 Å². The van der Waals surface area contributed by atoms with Gasteiger partial charge in [0.05, 0.1) is 20.6 Å². The molecule has 30 heavy (non-hydrogen) atoms. The van der Waals surface area contributed by atoms with E-state index in [0.29, 0.717) is 21.3 Å². The topological polar surface area (TPSA) is 128 Å². The molecule has 9 nitrogen and oxygen atoms in total. The minimum atomic E-state index is -0.546. The third kappa shape index (κ3) is 3.61. The standard InChI is InChI=1S/C18H9ClN4O5S2/c19-14-11-5-2-6-13(23(27)28)15(11)30-16(14)17(24)21-18-20-12(8-29-18)9-3-1-4-10(7-9)22(25)26/h1-8H,(H,20,21,24). The highest BCUT2D eigenvalue weighted by Gasteiger charge is 2.23. The zero-order chi connectivity index (χ0) is 21.4. The number of nitrogens with zero attached hydrogens (tertiary/aromatic N) is 3. The molecular formula is C18H9ClN4O5S2. The van der Waals surface area contributed by atoms with Crippen molar-refractivity contribution in [3.05, 3.63) is 78.0 Å². The van der Waals surface area contributed by atoms with Crippen LogP contribution in [0.2, 0.25) is 5.02 Å². The summed E-state index contributed by atoms with van der Waals surface area (Å²) in [5.74, 6) is -0.546. The van der Waals surface area contributed by atoms with Gasteiger partial charge < -0.3 is 0 Å². The lowest BCUT2D eigenvalue weighted by Crippen LogP contribution is -2.10. The Labute approximate surface area is 180 Å². The SMILES string of the molecule is O=C(Nc1nc(-c2cccc([N+](=O)[O-])c2)cs1)c1sc2c([N+](=O)[O-])cccc2c1Cl. The first-order chi connectivity index (χ1) is 14.3. The Hall–Kier alpha value is -3.41. The van der Waals surface area contributed by atoms with Gasteiger partial charge in [0.25, 0.3) is 17.3 Å². The van der Waals surface area contributed by atoms with Gasteiger partial charge in [-0.05, 0) is 0 Å². The molecule has 0 aliphatic carbocycles. The Morgan fingerprint density at radius 2 is 1.87 bits per heavy atom. The molecule has 0 spiro atoms. The molecule has 2 aromatic carbocycles. The first kappa shape index (κ1) is 19.9. The molecule has 4 rings (SSSR count). The van der Waals surface area contributed by atoms with E-state index < -0.39 is 15.8 Å². The van der Waals surface area contributed by atoms with Gasteiger partial charge in [0.1, 0.15) is 9.58 Å². The second kappa shape index (κ2) is 7.78. The molecule has 0 bridgehead atoms. The normalized spacial score (nSPS) is 10.8. The third-order valence-corrected chi connectivity index (χ3v) is 6.60. The molecule has 0 unspecified atom stereocenters. The maximum Gasteiger partial charge on any atom is 0.287 e. The number of nitro groups is 2. The summed E-state index contributed by atoms with van der Waals surface area (Å²) in [7, 11) is 0. The van der Waals surface area contributed by atoms with Crippen LogP contribution in [0.3, 0.4) is 0 Å². The number of aromatic nitrogens is 1. The number of nitrogens with one attached hydrogen (secondary N) is 1. The lowest BCUT2D eigenvalue weighted by atomic mass is 10.1. The summed E-state index contributed by atoms with van der Waals surface area (Å²) in [6.45, 7) is 0. The highest BCUT2D eigenvalue weighted by Crippen LogP contribution is 2.40. The van der Waals surface area contributed by atoms with Gasteiger partial charge >= 0.3 is 0 Å². The molecular weight excluding hydrogens is 452 g/mol. The van der Waals surface area contributed by atoms with E-state index in [4.69, 9.17) is 11.6 Å². The molecule has 0 radical (unpaired) electrons. The van der Waals surface area contributed by atoms with Crippen molar-refractivity contribution in [2.24, 2.45) is 0 Å². The van der Waals surface area contributed by atoms with Gasteiger partial charge in [-0.25, -0.2) is 4.98 Å². The quantitative estimate of drug-likeness (QED) is 0.298. The number of hydrogen-bond acceptors (Lipinski definition) is 8. The summed E-state index contributed by atoms with van der Waals surface area (Å²) in [6.07, 6.45) is 0. The molecule has 2 heterocycles. The molecule has 0 saturated heterocycles. The van der Waals surface area contributed by atoms with Crippen LogP contribution >= 0.6 is 34.3 Å². The minimum absolute atomic E-state index is 0.0651. The summed E-state index contributed by atoms with van der Waals surface area (Å²) < 4.78 is 0.314. The number of non-ortho nitro benzene ring substituents is 2. The van der Waals surface area contributed by atoms with Crippen molar-refractivity contribution in [1.29, 1.82) is 0 Å². The maximum atomic E-state index is 12.7. The Morgan fingerprint density at radius 3 is 2.60 bits per heavy atom. The molecule has 2 aromatic heterocycles. The van der Waals surface area contributed by atoms with E-state index in [0.717, 1.165) is 22.7 Å². The number of amides is 1. The first-order valence-electron chi connectivity index (χ1n) is 8.22. The largest absolute Gasteiger partial charge is 0.297 e. The Bertz CT molecular complexity index is 1330. The van der Waals surface area contributed by atoms with E-state index in [1.54, 1.807) is 23.6 Å². The number of carbonyl (C=O) groups excluding carboxylic acids is 1. The van der Waals surface area contributed by atoms with Crippen molar-refractivity contribution < 1.29 is 14.6 Å². The lowest BCUT2D eigenvalue weighted by molar-refractivity contribution is -0.384. The molecule has 0 fully saturated rings. The maximum absolute atomic E-state index is 12.7. The fourth-order valence-corrected chi connectivity index (χ4v) is 4.96. The van der Waals surface area contributed by atoms with E-state index >= 15 is 0 Å². The van der Waals surface area contributed by atoms with Crippen LogP contribution in [0.5, 0.6) is 0 Å². The second-order valence-electron chi connectivity index (χ2n) is 5.96. The molecule has 1 amide bonds. The van der Waals surface area contributed by atoms with Gasteiger partial charge in [0.15, 0.2) is 5.13 Å². The summed E-state index contributed by atoms with van der Waals surface area (Å²) >= 11 is 8.36. The molecule has 0 atom stereocenters. The predicted molar refractivity (Wildman–Crippen MR) is 116 cm³/mol. The molecule has 0 aliphatic heterocycles. The predicted octanol–water partition coefficient (Wildman–Crippen LogP) is 5.75. The molecule has 0 saturated carbocycles. The second-order valence-corrected chi connectivity index (χ2v) is 8.21. The highest BCUT2D eigenvalue weighted by molar-refractivity contribution is 7.22. The van der Waals surface area contributed by atoms with Crippen molar-refractivity contribution >= 4 is 66.8 Å². The Kier molecular flexibility index (Phi) is 5.16. The third-order valence-electron chi connectivity index (χ3n) is 4.11. The van der Waals surface area contributed by atoms with Crippen molar-refractivity contribution in [3.8, 4) is 11.3 Å². The first-order valence-corrected chi connectivity index (χ1v) is 10.3. The van der Waals surface area contributed by atoms with Crippen LogP contribution in [0, 0.1) is 20.2 Å². The van der Waals surface area contributed by atoms with E-state index in [1.807, 2.05) is 0 Å². The summed E-state index contributed by atoms with van der Waals surface area (Å²) in [6, 6.07) is 10.5. The van der Waals surface area contributed by atoms with Crippen LogP contribution in [0.1, 0.15) is 9.67 Å². The number of fused-ring (bicyclic) bond motifs is 1. The number of benzene rings is 2. The molecule has 12 heteroatoms. The van der Waals surface area contributed by atoms with E-state index in [1.165, 1.54) is 24.3 Å². The van der Waals surface area contributed by atoms with Gasteiger partial charge in [0, 0.05) is 34.5 Å². The number of anilines is 1. The zero-order valence-electron chi connectivity index (χ0n) is 14.7. The van der Waals surface area contributed by atoms with E-state index in [-0.39, 0.29) is 26.4 Å². The number of carbonyl (C=O) groups is 1. The molecule has 1 N–H and O–H groups in total. The monoisotopic (exact) mass is 460 g/mol. The Morgan fingerprint density at radius 1 is 1.10 bits per heavy atom. The van der Waals surface area contributed by atoms with E-state index in [9.17, 15) is 25.0 Å². The number of halogens is 1. The van der Waals surface area contributed by atoms with Crippen molar-refractivity contribution in [2.75, 3.05) is 5.32 Å². The minimum Gasteiger partial charge on any atom is -0.297 e. The Balaban J connectivity index is 1.62. The van der Waals surface area contributed by atoms with Crippen LogP contribution in [-0.4, -0.2) is 20.7 Å². The lowest BCUT2D eigenvalue weighted by Gasteiger charge is -2.00. The number of rotatable bonds is 5. The zero-order valence-corrected chi connectivity index (χ0v) is 17.1. The van der Waals surface area contributed by atoms with Crippen LogP contribution < -0.4 is 5.32 Å². The summed E-state index contributed by atoms with van der Waals surface area (Å²) in [4.78, 5) is 38.3. The van der Waals surface area contributed by atoms with Gasteiger partial charge in [-0.1, -0.05) is 35.9 Å². The van der Waals surface area contributed by atoms with E-state index in [2.05, 4.69) is 10.3 Å². The molecule has 4 aromatic rings. The number of thiazole rings is 1. The fraction of sp³-hybridized carbons (Fsp3) is 0. The number of hydrogen-bond donors (Lipinski definition) is 1. The number of thiophene rings is 1. The summed E-state index contributed by atoms with van der Waals surface area (Å²) in [5, 5.41) is 27.3. The van der Waals surface area contributed by atoms with Crippen molar-refractivity contribution in [3.63, 3.8) is 0 Å². The summed E-state index contributed by atoms with van der Waals surface area (Å²) in [5.41, 5.74) is 0.818. The fourth-order valence-electron chi connectivity index (χ4n) is 2.76.